The fraction of sp³-hybridized carbons (Fsp3) is 0.200. The molecule has 0 amide bonds. The van der Waals surface area contributed by atoms with Gasteiger partial charge >= 0.3 is 11.9 Å². The van der Waals surface area contributed by atoms with Crippen LogP contribution in [-0.4, -0.2) is 24.0 Å². The van der Waals surface area contributed by atoms with Crippen LogP contribution >= 0.6 is 11.6 Å². The number of esters is 2. The average Bonchev–Trinajstić information content (AvgIpc) is 2.92. The van der Waals surface area contributed by atoms with Gasteiger partial charge < -0.3 is 13.9 Å². The van der Waals surface area contributed by atoms with Crippen molar-refractivity contribution in [3.05, 3.63) is 62.0 Å². The molecule has 24 heavy (non-hydrogen) atoms. The smallest absolute Gasteiger partial charge is 0.345 e. The van der Waals surface area contributed by atoms with E-state index in [-0.39, 0.29) is 28.5 Å². The molecule has 0 aliphatic rings. The molecule has 0 bridgehead atoms. The molecule has 0 saturated carbocycles. The first-order valence-corrected chi connectivity index (χ1v) is 7.00. The van der Waals surface area contributed by atoms with Gasteiger partial charge in [0, 0.05) is 11.1 Å². The number of benzene rings is 1. The molecular weight excluding hydrogens is 342 g/mol. The summed E-state index contributed by atoms with van der Waals surface area (Å²) >= 11 is 5.69. The Labute approximate surface area is 141 Å². The number of furan rings is 1. The topological polar surface area (TPSA) is 109 Å². The lowest BCUT2D eigenvalue weighted by atomic mass is 10.2. The summed E-state index contributed by atoms with van der Waals surface area (Å²) in [7, 11) is 1.23. The monoisotopic (exact) mass is 353 g/mol. The number of hydrogen-bond donors (Lipinski definition) is 0. The number of nitrogens with zero attached hydrogens (tertiary/aromatic N) is 1. The molecule has 0 spiro atoms. The Morgan fingerprint density at radius 3 is 2.58 bits per heavy atom. The molecule has 1 aromatic carbocycles. The molecule has 1 heterocycles. The van der Waals surface area contributed by atoms with Crippen LogP contribution < -0.4 is 0 Å². The number of methoxy groups -OCH3 is 1. The zero-order valence-electron chi connectivity index (χ0n) is 12.7. The van der Waals surface area contributed by atoms with E-state index in [2.05, 4.69) is 4.74 Å². The van der Waals surface area contributed by atoms with E-state index in [1.807, 2.05) is 0 Å². The standard InChI is InChI=1S/C15H12ClNO7/c1-8-12(14(18)22-2)6-10(24-8)7-23-15(19)11-4-3-9(16)5-13(11)17(20)21/h3-6H,7H2,1-2H3. The van der Waals surface area contributed by atoms with Gasteiger partial charge in [0.1, 0.15) is 29.3 Å². The zero-order valence-corrected chi connectivity index (χ0v) is 13.5. The van der Waals surface area contributed by atoms with E-state index >= 15 is 0 Å². The highest BCUT2D eigenvalue weighted by molar-refractivity contribution is 6.31. The lowest BCUT2D eigenvalue weighted by Gasteiger charge is -2.04. The van der Waals surface area contributed by atoms with Gasteiger partial charge in [-0.25, -0.2) is 9.59 Å². The normalized spacial score (nSPS) is 10.3. The van der Waals surface area contributed by atoms with Crippen molar-refractivity contribution in [1.29, 1.82) is 0 Å². The molecule has 1 aromatic heterocycles. The van der Waals surface area contributed by atoms with Crippen molar-refractivity contribution < 1.29 is 28.4 Å². The molecule has 0 saturated heterocycles. The summed E-state index contributed by atoms with van der Waals surface area (Å²) in [5.74, 6) is -0.975. The van der Waals surface area contributed by atoms with Gasteiger partial charge in [0.25, 0.3) is 5.69 Å². The van der Waals surface area contributed by atoms with Gasteiger partial charge in [0.15, 0.2) is 0 Å². The van der Waals surface area contributed by atoms with Crippen molar-refractivity contribution in [3.8, 4) is 0 Å². The highest BCUT2D eigenvalue weighted by Gasteiger charge is 2.23. The largest absolute Gasteiger partial charge is 0.465 e. The number of hydrogen-bond acceptors (Lipinski definition) is 7. The summed E-state index contributed by atoms with van der Waals surface area (Å²) in [6, 6.07) is 4.99. The third-order valence-corrected chi connectivity index (χ3v) is 3.33. The van der Waals surface area contributed by atoms with Crippen LogP contribution in [0.3, 0.4) is 0 Å². The Bertz CT molecular complexity index is 812. The van der Waals surface area contributed by atoms with E-state index in [4.69, 9.17) is 20.8 Å². The Kier molecular flexibility index (Phi) is 5.20. The first-order chi connectivity index (χ1) is 11.3. The zero-order chi connectivity index (χ0) is 17.9. The summed E-state index contributed by atoms with van der Waals surface area (Å²) in [6.45, 7) is 1.26. The molecule has 0 aliphatic heterocycles. The van der Waals surface area contributed by atoms with Gasteiger partial charge in [0.2, 0.25) is 0 Å². The molecule has 126 valence electrons. The molecule has 0 aliphatic carbocycles. The molecular formula is C15H12ClNO7. The molecule has 8 nitrogen and oxygen atoms in total. The Hall–Kier alpha value is -2.87. The van der Waals surface area contributed by atoms with E-state index in [1.165, 1.54) is 25.3 Å². The summed E-state index contributed by atoms with van der Waals surface area (Å²) in [4.78, 5) is 33.8. The quantitative estimate of drug-likeness (QED) is 0.460. The number of halogens is 1. The maximum atomic E-state index is 12.0. The van der Waals surface area contributed by atoms with Crippen molar-refractivity contribution in [1.82, 2.24) is 0 Å². The fourth-order valence-corrected chi connectivity index (χ4v) is 2.14. The number of aryl methyl sites for hydroxylation is 1. The Balaban J connectivity index is 2.14. The molecule has 0 radical (unpaired) electrons. The van der Waals surface area contributed by atoms with Gasteiger partial charge in [-0.1, -0.05) is 11.6 Å². The maximum Gasteiger partial charge on any atom is 0.345 e. The van der Waals surface area contributed by atoms with Crippen molar-refractivity contribution >= 4 is 29.2 Å². The number of carbonyl (C=O) groups is 2. The lowest BCUT2D eigenvalue weighted by Crippen LogP contribution is -2.08. The number of carbonyl (C=O) groups excluding carboxylic acids is 2. The summed E-state index contributed by atoms with van der Waals surface area (Å²) in [6.07, 6.45) is 0. The predicted molar refractivity (Wildman–Crippen MR) is 82.0 cm³/mol. The van der Waals surface area contributed by atoms with E-state index in [1.54, 1.807) is 6.92 Å². The van der Waals surface area contributed by atoms with Crippen molar-refractivity contribution in [3.63, 3.8) is 0 Å². The summed E-state index contributed by atoms with van der Waals surface area (Å²) < 4.78 is 14.9. The maximum absolute atomic E-state index is 12.0. The van der Waals surface area contributed by atoms with Crippen molar-refractivity contribution in [2.24, 2.45) is 0 Å². The van der Waals surface area contributed by atoms with Crippen molar-refractivity contribution in [2.45, 2.75) is 13.5 Å². The van der Waals surface area contributed by atoms with E-state index < -0.39 is 22.5 Å². The van der Waals surface area contributed by atoms with Crippen LogP contribution in [0.25, 0.3) is 0 Å². The van der Waals surface area contributed by atoms with Crippen LogP contribution in [-0.2, 0) is 16.1 Å². The van der Waals surface area contributed by atoms with E-state index in [9.17, 15) is 19.7 Å². The third kappa shape index (κ3) is 3.72. The van der Waals surface area contributed by atoms with Crippen LogP contribution in [0.4, 0.5) is 5.69 Å². The average molecular weight is 354 g/mol. The first kappa shape index (κ1) is 17.5. The number of rotatable bonds is 5. The highest BCUT2D eigenvalue weighted by atomic mass is 35.5. The first-order valence-electron chi connectivity index (χ1n) is 6.62. The van der Waals surface area contributed by atoms with E-state index in [0.717, 1.165) is 6.07 Å². The van der Waals surface area contributed by atoms with Gasteiger partial charge in [-0.2, -0.15) is 0 Å². The number of nitro benzene ring substituents is 1. The molecule has 0 unspecified atom stereocenters. The molecule has 0 fully saturated rings. The second-order valence-electron chi connectivity index (χ2n) is 4.67. The minimum absolute atomic E-state index is 0.127. The fourth-order valence-electron chi connectivity index (χ4n) is 1.97. The predicted octanol–water partition coefficient (Wildman–Crippen LogP) is 3.29. The van der Waals surface area contributed by atoms with Crippen LogP contribution in [0.5, 0.6) is 0 Å². The van der Waals surface area contributed by atoms with Crippen LogP contribution in [0.15, 0.2) is 28.7 Å². The lowest BCUT2D eigenvalue weighted by molar-refractivity contribution is -0.385. The van der Waals surface area contributed by atoms with Crippen LogP contribution in [0.1, 0.15) is 32.2 Å². The molecule has 0 atom stereocenters. The highest BCUT2D eigenvalue weighted by Crippen LogP contribution is 2.24. The van der Waals surface area contributed by atoms with Gasteiger partial charge in [-0.05, 0) is 25.1 Å². The minimum Gasteiger partial charge on any atom is -0.465 e. The van der Waals surface area contributed by atoms with Crippen molar-refractivity contribution in [2.75, 3.05) is 7.11 Å². The Morgan fingerprint density at radius 1 is 1.25 bits per heavy atom. The Morgan fingerprint density at radius 2 is 1.96 bits per heavy atom. The van der Waals surface area contributed by atoms with Crippen LogP contribution in [0.2, 0.25) is 5.02 Å². The molecule has 2 aromatic rings. The number of ether oxygens (including phenoxy) is 2. The minimum atomic E-state index is -0.910. The second-order valence-corrected chi connectivity index (χ2v) is 5.11. The van der Waals surface area contributed by atoms with Gasteiger partial charge in [-0.3, -0.25) is 10.1 Å². The van der Waals surface area contributed by atoms with E-state index in [0.29, 0.717) is 5.76 Å². The van der Waals surface area contributed by atoms with Gasteiger partial charge in [0.05, 0.1) is 12.0 Å². The summed E-state index contributed by atoms with van der Waals surface area (Å²) in [5.41, 5.74) is -0.486. The van der Waals surface area contributed by atoms with Crippen LogP contribution in [0, 0.1) is 17.0 Å². The SMILES string of the molecule is COC(=O)c1cc(COC(=O)c2ccc(Cl)cc2[N+](=O)[O-])oc1C. The molecule has 0 N–H and O–H groups in total. The molecule has 2 rings (SSSR count). The second kappa shape index (κ2) is 7.14. The number of nitro groups is 1. The molecule has 9 heteroatoms. The summed E-state index contributed by atoms with van der Waals surface area (Å²) in [5, 5.41) is 11.1. The van der Waals surface area contributed by atoms with Gasteiger partial charge in [-0.15, -0.1) is 0 Å². The third-order valence-electron chi connectivity index (χ3n) is 3.10.